The van der Waals surface area contributed by atoms with Gasteiger partial charge in [0.15, 0.2) is 5.69 Å². The van der Waals surface area contributed by atoms with E-state index in [0.717, 1.165) is 11.8 Å². The number of piperidine rings is 1. The number of amides is 2. The third-order valence-electron chi connectivity index (χ3n) is 4.55. The molecule has 1 aromatic heterocycles. The number of carbonyl (C=O) groups is 3. The van der Waals surface area contributed by atoms with Crippen molar-refractivity contribution in [1.29, 1.82) is 0 Å². The molecule has 1 saturated heterocycles. The number of hydrogen-bond donors (Lipinski definition) is 2. The van der Waals surface area contributed by atoms with Crippen molar-refractivity contribution in [3.63, 3.8) is 0 Å². The molecule has 0 atom stereocenters. The van der Waals surface area contributed by atoms with Crippen LogP contribution in [-0.2, 0) is 11.3 Å². The number of benzene rings is 1. The van der Waals surface area contributed by atoms with Gasteiger partial charge in [0.25, 0.3) is 5.91 Å². The van der Waals surface area contributed by atoms with Crippen LogP contribution < -0.4 is 5.32 Å². The van der Waals surface area contributed by atoms with Crippen LogP contribution in [0.15, 0.2) is 42.7 Å². The number of carboxylic acids is 1. The average Bonchev–Trinajstić information content (AvgIpc) is 2.72. The molecule has 2 aromatic rings. The minimum Gasteiger partial charge on any atom is -0.476 e. The highest BCUT2D eigenvalue weighted by Crippen LogP contribution is 2.19. The van der Waals surface area contributed by atoms with Gasteiger partial charge in [-0.3, -0.25) is 9.59 Å². The summed E-state index contributed by atoms with van der Waals surface area (Å²) < 4.78 is 0. The lowest BCUT2D eigenvalue weighted by molar-refractivity contribution is -0.126. The fourth-order valence-electron chi connectivity index (χ4n) is 2.99. The van der Waals surface area contributed by atoms with E-state index in [1.54, 1.807) is 4.90 Å². The van der Waals surface area contributed by atoms with E-state index < -0.39 is 5.97 Å². The molecule has 1 aliphatic heterocycles. The Balaban J connectivity index is 1.49. The van der Waals surface area contributed by atoms with Crippen molar-refractivity contribution in [2.45, 2.75) is 19.4 Å². The highest BCUT2D eigenvalue weighted by atomic mass is 16.4. The maximum absolute atomic E-state index is 12.4. The number of aromatic carboxylic acids is 1. The zero-order valence-electron chi connectivity index (χ0n) is 14.7. The number of carboxylic acid groups (broad SMARTS) is 1. The molecule has 0 bridgehead atoms. The molecule has 27 heavy (non-hydrogen) atoms. The molecule has 140 valence electrons. The van der Waals surface area contributed by atoms with Crippen molar-refractivity contribution < 1.29 is 19.5 Å². The predicted octanol–water partition coefficient (Wildman–Crippen LogP) is 1.34. The molecule has 0 aliphatic carbocycles. The molecule has 2 N–H and O–H groups in total. The van der Waals surface area contributed by atoms with Crippen LogP contribution in [0.2, 0.25) is 0 Å². The van der Waals surface area contributed by atoms with Crippen molar-refractivity contribution in [3.8, 4) is 0 Å². The highest BCUT2D eigenvalue weighted by Gasteiger charge is 2.28. The first-order chi connectivity index (χ1) is 13.0. The molecule has 0 unspecified atom stereocenters. The van der Waals surface area contributed by atoms with Gasteiger partial charge in [0.2, 0.25) is 5.91 Å². The van der Waals surface area contributed by atoms with Gasteiger partial charge in [-0.05, 0) is 18.4 Å². The molecule has 1 aliphatic rings. The Morgan fingerprint density at radius 1 is 1.04 bits per heavy atom. The first kappa shape index (κ1) is 18.5. The molecule has 1 fully saturated rings. The van der Waals surface area contributed by atoms with Crippen LogP contribution in [-0.4, -0.2) is 50.8 Å². The largest absolute Gasteiger partial charge is 0.476 e. The van der Waals surface area contributed by atoms with Gasteiger partial charge in [0, 0.05) is 25.6 Å². The summed E-state index contributed by atoms with van der Waals surface area (Å²) in [4.78, 5) is 44.8. The third kappa shape index (κ3) is 4.66. The van der Waals surface area contributed by atoms with Crippen molar-refractivity contribution in [2.75, 3.05) is 13.1 Å². The van der Waals surface area contributed by atoms with Crippen LogP contribution >= 0.6 is 0 Å². The minimum absolute atomic E-state index is 0.00319. The minimum atomic E-state index is -1.19. The Bertz CT molecular complexity index is 815. The second-order valence-electron chi connectivity index (χ2n) is 6.36. The Kier molecular flexibility index (Phi) is 5.75. The molecule has 0 saturated carbocycles. The second kappa shape index (κ2) is 8.39. The van der Waals surface area contributed by atoms with Gasteiger partial charge in [0.1, 0.15) is 5.69 Å². The summed E-state index contributed by atoms with van der Waals surface area (Å²) in [5, 5.41) is 11.8. The fraction of sp³-hybridized carbons (Fsp3) is 0.316. The predicted molar refractivity (Wildman–Crippen MR) is 95.9 cm³/mol. The molecule has 2 amide bonds. The quantitative estimate of drug-likeness (QED) is 0.824. The summed E-state index contributed by atoms with van der Waals surface area (Å²) in [6.07, 6.45) is 3.39. The van der Waals surface area contributed by atoms with Crippen LogP contribution in [0, 0.1) is 5.92 Å². The van der Waals surface area contributed by atoms with E-state index in [1.807, 2.05) is 30.3 Å². The molecule has 8 heteroatoms. The lowest BCUT2D eigenvalue weighted by atomic mass is 9.95. The van der Waals surface area contributed by atoms with Crippen molar-refractivity contribution >= 4 is 17.8 Å². The van der Waals surface area contributed by atoms with Crippen LogP contribution in [0.1, 0.15) is 39.4 Å². The molecular formula is C19H20N4O4. The standard InChI is InChI=1S/C19H20N4O4/c24-17(22-10-13-4-2-1-3-5-13)14-6-8-23(9-7-14)18(25)15-11-21-16(12-20-15)19(26)27/h1-5,11-12,14H,6-10H2,(H,22,24)(H,26,27). The second-order valence-corrected chi connectivity index (χ2v) is 6.36. The van der Waals surface area contributed by atoms with Gasteiger partial charge >= 0.3 is 5.97 Å². The molecule has 3 rings (SSSR count). The maximum atomic E-state index is 12.4. The van der Waals surface area contributed by atoms with E-state index in [2.05, 4.69) is 15.3 Å². The lowest BCUT2D eigenvalue weighted by Crippen LogP contribution is -2.43. The third-order valence-corrected chi connectivity index (χ3v) is 4.55. The summed E-state index contributed by atoms with van der Waals surface area (Å²) >= 11 is 0. The van der Waals surface area contributed by atoms with Crippen LogP contribution in [0.4, 0.5) is 0 Å². The number of nitrogens with zero attached hydrogens (tertiary/aromatic N) is 3. The van der Waals surface area contributed by atoms with E-state index in [4.69, 9.17) is 5.11 Å². The zero-order valence-corrected chi connectivity index (χ0v) is 14.7. The number of hydrogen-bond acceptors (Lipinski definition) is 5. The van der Waals surface area contributed by atoms with E-state index in [9.17, 15) is 14.4 Å². The van der Waals surface area contributed by atoms with Crippen LogP contribution in [0.5, 0.6) is 0 Å². The summed E-state index contributed by atoms with van der Waals surface area (Å²) in [5.74, 6) is -1.62. The summed E-state index contributed by atoms with van der Waals surface area (Å²) in [6.45, 7) is 1.39. The molecule has 8 nitrogen and oxygen atoms in total. The number of rotatable bonds is 5. The highest BCUT2D eigenvalue weighted by molar-refractivity contribution is 5.93. The van der Waals surface area contributed by atoms with Gasteiger partial charge in [-0.15, -0.1) is 0 Å². The normalized spacial score (nSPS) is 14.6. The van der Waals surface area contributed by atoms with Gasteiger partial charge in [-0.2, -0.15) is 0 Å². The van der Waals surface area contributed by atoms with Gasteiger partial charge < -0.3 is 15.3 Å². The average molecular weight is 368 g/mol. The lowest BCUT2D eigenvalue weighted by Gasteiger charge is -2.31. The summed E-state index contributed by atoms with van der Waals surface area (Å²) in [6, 6.07) is 9.70. The Morgan fingerprint density at radius 2 is 1.67 bits per heavy atom. The van der Waals surface area contributed by atoms with Crippen LogP contribution in [0.25, 0.3) is 0 Å². The van der Waals surface area contributed by atoms with Gasteiger partial charge in [0.05, 0.1) is 12.4 Å². The number of nitrogens with one attached hydrogen (secondary N) is 1. The van der Waals surface area contributed by atoms with Crippen molar-refractivity contribution in [2.24, 2.45) is 5.92 Å². The van der Waals surface area contributed by atoms with Crippen LogP contribution in [0.3, 0.4) is 0 Å². The smallest absolute Gasteiger partial charge is 0.356 e. The van der Waals surface area contributed by atoms with Crippen molar-refractivity contribution in [1.82, 2.24) is 20.2 Å². The van der Waals surface area contributed by atoms with Gasteiger partial charge in [-0.25, -0.2) is 14.8 Å². The Morgan fingerprint density at radius 3 is 2.26 bits per heavy atom. The number of carbonyl (C=O) groups excluding carboxylic acids is 2. The first-order valence-corrected chi connectivity index (χ1v) is 8.71. The molecular weight excluding hydrogens is 348 g/mol. The van der Waals surface area contributed by atoms with E-state index >= 15 is 0 Å². The maximum Gasteiger partial charge on any atom is 0.356 e. The van der Waals surface area contributed by atoms with E-state index in [1.165, 1.54) is 6.20 Å². The van der Waals surface area contributed by atoms with Gasteiger partial charge in [-0.1, -0.05) is 30.3 Å². The van der Waals surface area contributed by atoms with E-state index in [0.29, 0.717) is 32.5 Å². The molecule has 0 radical (unpaired) electrons. The first-order valence-electron chi connectivity index (χ1n) is 8.71. The topological polar surface area (TPSA) is 112 Å². The Labute approximate surface area is 156 Å². The Hall–Kier alpha value is -3.29. The molecule has 2 heterocycles. The van der Waals surface area contributed by atoms with Crippen molar-refractivity contribution in [3.05, 3.63) is 59.7 Å². The molecule has 1 aromatic carbocycles. The summed E-state index contributed by atoms with van der Waals surface area (Å²) in [7, 11) is 0. The summed E-state index contributed by atoms with van der Waals surface area (Å²) in [5.41, 5.74) is 0.939. The fourth-order valence-corrected chi connectivity index (χ4v) is 2.99. The monoisotopic (exact) mass is 368 g/mol. The molecule has 0 spiro atoms. The van der Waals surface area contributed by atoms with E-state index in [-0.39, 0.29) is 29.1 Å². The number of aromatic nitrogens is 2. The zero-order chi connectivity index (χ0) is 19.2. The number of likely N-dealkylation sites (tertiary alicyclic amines) is 1. The SMILES string of the molecule is O=C(O)c1cnc(C(=O)N2CCC(C(=O)NCc3ccccc3)CC2)cn1.